The van der Waals surface area contributed by atoms with Crippen LogP contribution in [0.2, 0.25) is 0 Å². The number of aliphatic hydroxyl groups is 1. The van der Waals surface area contributed by atoms with Crippen molar-refractivity contribution in [1.82, 2.24) is 9.97 Å². The molecular formula is C12H10BrFN2O. The lowest BCUT2D eigenvalue weighted by atomic mass is 10.1. The van der Waals surface area contributed by atoms with Crippen LogP contribution in [0.4, 0.5) is 4.39 Å². The van der Waals surface area contributed by atoms with Crippen molar-refractivity contribution in [1.29, 1.82) is 0 Å². The maximum atomic E-state index is 12.7. The highest BCUT2D eigenvalue weighted by molar-refractivity contribution is 9.10. The van der Waals surface area contributed by atoms with Crippen molar-refractivity contribution in [2.45, 2.75) is 12.5 Å². The fourth-order valence-electron chi connectivity index (χ4n) is 1.48. The van der Waals surface area contributed by atoms with Crippen LogP contribution in [0.5, 0.6) is 0 Å². The normalized spacial score (nSPS) is 12.4. The van der Waals surface area contributed by atoms with Gasteiger partial charge in [0.2, 0.25) is 0 Å². The Morgan fingerprint density at radius 2 is 2.12 bits per heavy atom. The van der Waals surface area contributed by atoms with Crippen molar-refractivity contribution in [3.8, 4) is 0 Å². The van der Waals surface area contributed by atoms with Gasteiger partial charge in [-0.1, -0.05) is 0 Å². The van der Waals surface area contributed by atoms with Gasteiger partial charge in [0.25, 0.3) is 0 Å². The molecule has 2 aromatic rings. The minimum absolute atomic E-state index is 0.394. The summed E-state index contributed by atoms with van der Waals surface area (Å²) >= 11 is 3.31. The molecule has 1 N–H and O–H groups in total. The molecule has 0 saturated heterocycles. The summed E-state index contributed by atoms with van der Waals surface area (Å²) in [5.74, 6) is -0.412. The van der Waals surface area contributed by atoms with Gasteiger partial charge in [0, 0.05) is 23.3 Å². The van der Waals surface area contributed by atoms with Gasteiger partial charge in [-0.05, 0) is 39.7 Å². The Morgan fingerprint density at radius 1 is 1.29 bits per heavy atom. The Hall–Kier alpha value is -1.33. The zero-order valence-electron chi connectivity index (χ0n) is 8.85. The van der Waals surface area contributed by atoms with Gasteiger partial charge in [0.05, 0.1) is 11.9 Å². The van der Waals surface area contributed by atoms with Gasteiger partial charge in [-0.2, -0.15) is 0 Å². The quantitative estimate of drug-likeness (QED) is 0.947. The van der Waals surface area contributed by atoms with Crippen LogP contribution in [0.3, 0.4) is 0 Å². The highest BCUT2D eigenvalue weighted by atomic mass is 79.9. The third kappa shape index (κ3) is 3.31. The first kappa shape index (κ1) is 12.1. The van der Waals surface area contributed by atoms with Crippen LogP contribution in [0, 0.1) is 5.82 Å². The fraction of sp³-hybridized carbons (Fsp3) is 0.167. The molecule has 3 nitrogen and oxygen atoms in total. The zero-order chi connectivity index (χ0) is 12.3. The Bertz CT molecular complexity index is 504. The molecule has 17 heavy (non-hydrogen) atoms. The molecule has 1 unspecified atom stereocenters. The van der Waals surface area contributed by atoms with E-state index in [1.54, 1.807) is 12.4 Å². The third-order valence-electron chi connectivity index (χ3n) is 2.28. The molecular weight excluding hydrogens is 287 g/mol. The van der Waals surface area contributed by atoms with Crippen LogP contribution in [-0.2, 0) is 6.42 Å². The van der Waals surface area contributed by atoms with Crippen LogP contribution in [0.15, 0.2) is 41.3 Å². The van der Waals surface area contributed by atoms with Crippen molar-refractivity contribution in [3.05, 3.63) is 58.3 Å². The minimum Gasteiger partial charge on any atom is -0.386 e. The summed E-state index contributed by atoms with van der Waals surface area (Å²) in [5, 5.41) is 9.93. The second kappa shape index (κ2) is 5.33. The van der Waals surface area contributed by atoms with E-state index in [2.05, 4.69) is 25.9 Å². The highest BCUT2D eigenvalue weighted by Gasteiger charge is 2.10. The van der Waals surface area contributed by atoms with Gasteiger partial charge >= 0.3 is 0 Å². The summed E-state index contributed by atoms with van der Waals surface area (Å²) < 4.78 is 13.5. The molecule has 1 atom stereocenters. The first-order chi connectivity index (χ1) is 8.15. The van der Waals surface area contributed by atoms with Gasteiger partial charge in [0.1, 0.15) is 11.9 Å². The molecule has 0 radical (unpaired) electrons. The molecule has 2 rings (SSSR count). The number of nitrogens with zero attached hydrogens (tertiary/aromatic N) is 2. The smallest absolute Gasteiger partial charge is 0.141 e. The average molecular weight is 297 g/mol. The number of halogens is 2. The number of aromatic nitrogens is 2. The van der Waals surface area contributed by atoms with E-state index in [0.29, 0.717) is 12.1 Å². The molecule has 0 fully saturated rings. The molecule has 2 aromatic heterocycles. The number of aliphatic hydroxyl groups excluding tert-OH is 1. The summed E-state index contributed by atoms with van der Waals surface area (Å²) in [6.07, 6.45) is 4.08. The van der Waals surface area contributed by atoms with Crippen LogP contribution in [-0.4, -0.2) is 15.1 Å². The van der Waals surface area contributed by atoms with E-state index in [-0.39, 0.29) is 0 Å². The summed E-state index contributed by atoms with van der Waals surface area (Å²) in [7, 11) is 0. The molecule has 2 heterocycles. The molecule has 0 amide bonds. The van der Waals surface area contributed by atoms with Crippen LogP contribution < -0.4 is 0 Å². The molecule has 0 spiro atoms. The van der Waals surface area contributed by atoms with Gasteiger partial charge in [0.15, 0.2) is 0 Å². The fourth-order valence-corrected chi connectivity index (χ4v) is 1.89. The predicted molar refractivity (Wildman–Crippen MR) is 64.8 cm³/mol. The van der Waals surface area contributed by atoms with E-state index < -0.39 is 11.9 Å². The largest absolute Gasteiger partial charge is 0.386 e. The average Bonchev–Trinajstić information content (AvgIpc) is 2.29. The maximum absolute atomic E-state index is 12.7. The summed E-state index contributed by atoms with van der Waals surface area (Å²) in [5.41, 5.74) is 1.34. The van der Waals surface area contributed by atoms with Crippen molar-refractivity contribution in [2.75, 3.05) is 0 Å². The van der Waals surface area contributed by atoms with E-state index in [1.165, 1.54) is 12.1 Å². The molecule has 0 bridgehead atoms. The van der Waals surface area contributed by atoms with E-state index in [9.17, 15) is 9.50 Å². The minimum atomic E-state index is -0.758. The Balaban J connectivity index is 2.11. The molecule has 0 aliphatic heterocycles. The molecule has 0 saturated carbocycles. The Kier molecular flexibility index (Phi) is 3.81. The Labute approximate surface area is 106 Å². The molecule has 0 aliphatic rings. The molecule has 88 valence electrons. The molecule has 0 aliphatic carbocycles. The van der Waals surface area contributed by atoms with Crippen molar-refractivity contribution in [3.63, 3.8) is 0 Å². The van der Waals surface area contributed by atoms with Gasteiger partial charge in [-0.3, -0.25) is 9.97 Å². The lowest BCUT2D eigenvalue weighted by Crippen LogP contribution is -2.04. The van der Waals surface area contributed by atoms with Gasteiger partial charge in [-0.25, -0.2) is 4.39 Å². The second-order valence-electron chi connectivity index (χ2n) is 3.63. The topological polar surface area (TPSA) is 46.0 Å². The van der Waals surface area contributed by atoms with E-state index in [0.717, 1.165) is 16.2 Å². The van der Waals surface area contributed by atoms with E-state index in [4.69, 9.17) is 0 Å². The van der Waals surface area contributed by atoms with Gasteiger partial charge in [-0.15, -0.1) is 0 Å². The van der Waals surface area contributed by atoms with Crippen molar-refractivity contribution < 1.29 is 9.50 Å². The van der Waals surface area contributed by atoms with Crippen LogP contribution in [0.25, 0.3) is 0 Å². The third-order valence-corrected chi connectivity index (χ3v) is 2.72. The number of hydrogen-bond donors (Lipinski definition) is 1. The van der Waals surface area contributed by atoms with E-state index in [1.807, 2.05) is 6.07 Å². The molecule has 5 heteroatoms. The Morgan fingerprint density at radius 3 is 2.76 bits per heavy atom. The van der Waals surface area contributed by atoms with Crippen molar-refractivity contribution in [2.24, 2.45) is 0 Å². The van der Waals surface area contributed by atoms with Crippen LogP contribution >= 0.6 is 15.9 Å². The standard InChI is InChI=1S/C12H10BrFN2O/c13-9-3-8(5-15-6-9)4-12(17)11-2-1-10(14)7-16-11/h1-3,5-7,12,17H,4H2. The lowest BCUT2D eigenvalue weighted by Gasteiger charge is -2.09. The zero-order valence-corrected chi connectivity index (χ0v) is 10.4. The first-order valence-electron chi connectivity index (χ1n) is 5.04. The van der Waals surface area contributed by atoms with Crippen LogP contribution in [0.1, 0.15) is 17.4 Å². The number of rotatable bonds is 3. The summed E-state index contributed by atoms with van der Waals surface area (Å²) in [4.78, 5) is 7.85. The SMILES string of the molecule is OC(Cc1cncc(Br)c1)c1ccc(F)cn1. The molecule has 0 aromatic carbocycles. The highest BCUT2D eigenvalue weighted by Crippen LogP contribution is 2.18. The van der Waals surface area contributed by atoms with Crippen molar-refractivity contribution >= 4 is 15.9 Å². The second-order valence-corrected chi connectivity index (χ2v) is 4.55. The van der Waals surface area contributed by atoms with Gasteiger partial charge < -0.3 is 5.11 Å². The number of pyridine rings is 2. The number of hydrogen-bond acceptors (Lipinski definition) is 3. The maximum Gasteiger partial charge on any atom is 0.141 e. The monoisotopic (exact) mass is 296 g/mol. The lowest BCUT2D eigenvalue weighted by molar-refractivity contribution is 0.173. The predicted octanol–water partition coefficient (Wildman–Crippen LogP) is 2.65. The summed E-state index contributed by atoms with van der Waals surface area (Å²) in [6.45, 7) is 0. The summed E-state index contributed by atoms with van der Waals surface area (Å²) in [6, 6.07) is 4.63. The first-order valence-corrected chi connectivity index (χ1v) is 5.83. The van der Waals surface area contributed by atoms with E-state index >= 15 is 0 Å².